The maximum absolute atomic E-state index is 11.5. The van der Waals surface area contributed by atoms with Crippen molar-refractivity contribution >= 4 is 23.0 Å². The van der Waals surface area contributed by atoms with Crippen molar-refractivity contribution < 1.29 is 14.6 Å². The van der Waals surface area contributed by atoms with Gasteiger partial charge in [-0.1, -0.05) is 18.2 Å². The summed E-state index contributed by atoms with van der Waals surface area (Å²) in [6.45, 7) is 2.20. The van der Waals surface area contributed by atoms with Gasteiger partial charge in [-0.2, -0.15) is 0 Å². The van der Waals surface area contributed by atoms with Crippen LogP contribution < -0.4 is 15.0 Å². The molecule has 31 heavy (non-hydrogen) atoms. The summed E-state index contributed by atoms with van der Waals surface area (Å²) < 4.78 is 5.81. The summed E-state index contributed by atoms with van der Waals surface area (Å²) in [6.07, 6.45) is 6.38. The predicted molar refractivity (Wildman–Crippen MR) is 121 cm³/mol. The van der Waals surface area contributed by atoms with Crippen molar-refractivity contribution in [3.05, 3.63) is 77.6 Å². The Morgan fingerprint density at radius 2 is 2.13 bits per heavy atom. The summed E-state index contributed by atoms with van der Waals surface area (Å²) in [5, 5.41) is 12.7. The van der Waals surface area contributed by atoms with Crippen LogP contribution in [0, 0.1) is 0 Å². The summed E-state index contributed by atoms with van der Waals surface area (Å²) >= 11 is 0. The van der Waals surface area contributed by atoms with Crippen LogP contribution in [0.3, 0.4) is 0 Å². The molecule has 6 nitrogen and oxygen atoms in total. The fourth-order valence-corrected chi connectivity index (χ4v) is 4.67. The number of hydrogen-bond acceptors (Lipinski definition) is 5. The van der Waals surface area contributed by atoms with Crippen LogP contribution >= 0.6 is 0 Å². The van der Waals surface area contributed by atoms with Gasteiger partial charge in [-0.3, -0.25) is 4.98 Å². The molecule has 1 aliphatic heterocycles. The third-order valence-corrected chi connectivity index (χ3v) is 6.20. The lowest BCUT2D eigenvalue weighted by Crippen LogP contribution is -2.28. The van der Waals surface area contributed by atoms with Crippen molar-refractivity contribution in [2.24, 2.45) is 0 Å². The molecule has 0 saturated carbocycles. The largest absolute Gasteiger partial charge is 0.490 e. The van der Waals surface area contributed by atoms with E-state index in [1.807, 2.05) is 18.2 Å². The average Bonchev–Trinajstić information content (AvgIpc) is 2.82. The van der Waals surface area contributed by atoms with Gasteiger partial charge in [0, 0.05) is 24.3 Å². The van der Waals surface area contributed by atoms with Crippen molar-refractivity contribution in [1.29, 1.82) is 0 Å². The Balaban J connectivity index is 1.38. The van der Waals surface area contributed by atoms with Gasteiger partial charge in [0.05, 0.1) is 29.7 Å². The van der Waals surface area contributed by atoms with Crippen LogP contribution in [0.4, 0.5) is 17.1 Å². The molecular weight excluding hydrogens is 390 g/mol. The number of nitrogens with zero attached hydrogens (tertiary/aromatic N) is 2. The molecule has 0 bridgehead atoms. The van der Waals surface area contributed by atoms with Gasteiger partial charge >= 0.3 is 5.97 Å². The zero-order valence-corrected chi connectivity index (χ0v) is 17.3. The molecular formula is C25H25N3O3. The predicted octanol–water partition coefficient (Wildman–Crippen LogP) is 4.84. The summed E-state index contributed by atoms with van der Waals surface area (Å²) in [5.41, 5.74) is 5.87. The number of carbonyl (C=O) groups is 1. The first kappa shape index (κ1) is 19.4. The van der Waals surface area contributed by atoms with E-state index in [0.29, 0.717) is 24.8 Å². The molecule has 0 spiro atoms. The second-order valence-electron chi connectivity index (χ2n) is 8.05. The summed E-state index contributed by atoms with van der Waals surface area (Å²) in [5.74, 6) is 0.334. The molecule has 2 heterocycles. The minimum Gasteiger partial charge on any atom is -0.490 e. The highest BCUT2D eigenvalue weighted by molar-refractivity contribution is 5.93. The third kappa shape index (κ3) is 3.81. The number of aromatic nitrogens is 1. The molecule has 0 amide bonds. The first-order valence-electron chi connectivity index (χ1n) is 10.7. The van der Waals surface area contributed by atoms with Gasteiger partial charge in [-0.25, -0.2) is 4.79 Å². The van der Waals surface area contributed by atoms with Crippen LogP contribution in [0.15, 0.2) is 60.9 Å². The van der Waals surface area contributed by atoms with Gasteiger partial charge in [0.25, 0.3) is 0 Å². The van der Waals surface area contributed by atoms with E-state index in [0.717, 1.165) is 37.2 Å². The lowest BCUT2D eigenvalue weighted by molar-refractivity contribution is 0.0697. The zero-order valence-electron chi connectivity index (χ0n) is 17.3. The quantitative estimate of drug-likeness (QED) is 0.621. The molecule has 0 fully saturated rings. The van der Waals surface area contributed by atoms with Crippen LogP contribution in [0.25, 0.3) is 0 Å². The molecule has 6 heteroatoms. The lowest BCUT2D eigenvalue weighted by Gasteiger charge is -2.33. The molecule has 1 aromatic heterocycles. The van der Waals surface area contributed by atoms with Crippen molar-refractivity contribution in [3.8, 4) is 5.75 Å². The molecule has 1 aliphatic carbocycles. The van der Waals surface area contributed by atoms with Crippen molar-refractivity contribution in [3.63, 3.8) is 0 Å². The van der Waals surface area contributed by atoms with E-state index in [1.54, 1.807) is 6.20 Å². The van der Waals surface area contributed by atoms with Crippen LogP contribution in [0.1, 0.15) is 40.2 Å². The van der Waals surface area contributed by atoms with E-state index >= 15 is 0 Å². The van der Waals surface area contributed by atoms with Crippen molar-refractivity contribution in [2.75, 3.05) is 29.9 Å². The molecule has 0 saturated heterocycles. The number of anilines is 3. The number of aryl methyl sites for hydroxylation is 1. The molecule has 1 unspecified atom stereocenters. The number of aromatic carboxylic acids is 1. The molecule has 2 aromatic carbocycles. The van der Waals surface area contributed by atoms with E-state index in [4.69, 9.17) is 4.74 Å². The topological polar surface area (TPSA) is 74.7 Å². The van der Waals surface area contributed by atoms with Gasteiger partial charge < -0.3 is 20.1 Å². The Morgan fingerprint density at radius 3 is 3.03 bits per heavy atom. The summed E-state index contributed by atoms with van der Waals surface area (Å²) in [6, 6.07) is 16.5. The Bertz CT molecular complexity index is 1110. The van der Waals surface area contributed by atoms with Crippen LogP contribution in [-0.2, 0) is 6.42 Å². The smallest absolute Gasteiger partial charge is 0.337 e. The number of benzene rings is 2. The fraction of sp³-hybridized carbons (Fsp3) is 0.280. The molecule has 3 aromatic rings. The number of rotatable bonds is 5. The van der Waals surface area contributed by atoms with Crippen molar-refractivity contribution in [1.82, 2.24) is 4.98 Å². The van der Waals surface area contributed by atoms with E-state index in [-0.39, 0.29) is 5.56 Å². The molecule has 1 atom stereocenters. The lowest BCUT2D eigenvalue weighted by atomic mass is 9.82. The number of ether oxygens (including phenoxy) is 1. The molecule has 2 N–H and O–H groups in total. The summed E-state index contributed by atoms with van der Waals surface area (Å²) in [7, 11) is 0. The minimum absolute atomic E-state index is 0.257. The standard InChI is InChI=1S/C25H25N3O3/c29-25(30)21-10-11-26-16-22(21)27-15-18-5-3-4-17-14-19(8-9-20(17)18)28-12-13-31-24-7-2-1-6-23(24)28/h1-2,6-11,14,16,18,27H,3-5,12-13,15H2,(H,29,30). The number of hydrogen-bond donors (Lipinski definition) is 2. The molecule has 158 valence electrons. The molecule has 2 aliphatic rings. The highest BCUT2D eigenvalue weighted by Gasteiger charge is 2.24. The number of nitrogens with one attached hydrogen (secondary N) is 1. The maximum Gasteiger partial charge on any atom is 0.337 e. The summed E-state index contributed by atoms with van der Waals surface area (Å²) in [4.78, 5) is 17.9. The first-order chi connectivity index (χ1) is 15.2. The monoisotopic (exact) mass is 415 g/mol. The second kappa shape index (κ2) is 8.30. The Hall–Kier alpha value is -3.54. The number of para-hydroxylation sites is 2. The van der Waals surface area contributed by atoms with E-state index < -0.39 is 5.97 Å². The zero-order chi connectivity index (χ0) is 21.2. The number of carboxylic acid groups (broad SMARTS) is 1. The van der Waals surface area contributed by atoms with Gasteiger partial charge in [0.1, 0.15) is 12.4 Å². The Kier molecular flexibility index (Phi) is 5.20. The Labute approximate surface area is 181 Å². The molecule has 5 rings (SSSR count). The van der Waals surface area contributed by atoms with Gasteiger partial charge in [0.2, 0.25) is 0 Å². The van der Waals surface area contributed by atoms with Crippen LogP contribution in [0.5, 0.6) is 5.75 Å². The van der Waals surface area contributed by atoms with E-state index in [9.17, 15) is 9.90 Å². The van der Waals surface area contributed by atoms with E-state index in [2.05, 4.69) is 39.5 Å². The van der Waals surface area contributed by atoms with Crippen LogP contribution in [0.2, 0.25) is 0 Å². The van der Waals surface area contributed by atoms with Crippen molar-refractivity contribution in [2.45, 2.75) is 25.2 Å². The Morgan fingerprint density at radius 1 is 1.23 bits per heavy atom. The molecule has 0 radical (unpaired) electrons. The normalized spacial score (nSPS) is 17.3. The van der Waals surface area contributed by atoms with Gasteiger partial charge in [-0.15, -0.1) is 0 Å². The fourth-order valence-electron chi connectivity index (χ4n) is 4.67. The highest BCUT2D eigenvalue weighted by Crippen LogP contribution is 2.39. The minimum atomic E-state index is -0.940. The highest BCUT2D eigenvalue weighted by atomic mass is 16.5. The van der Waals surface area contributed by atoms with Gasteiger partial charge in [0.15, 0.2) is 0 Å². The van der Waals surface area contributed by atoms with E-state index in [1.165, 1.54) is 29.1 Å². The second-order valence-corrected chi connectivity index (χ2v) is 8.05. The van der Waals surface area contributed by atoms with Crippen LogP contribution in [-0.4, -0.2) is 35.8 Å². The van der Waals surface area contributed by atoms with Gasteiger partial charge in [-0.05, 0) is 60.7 Å². The number of carboxylic acids is 1. The first-order valence-corrected chi connectivity index (χ1v) is 10.7. The maximum atomic E-state index is 11.5. The number of pyridine rings is 1. The average molecular weight is 415 g/mol. The number of fused-ring (bicyclic) bond motifs is 2. The SMILES string of the molecule is O=C(O)c1ccncc1NCC1CCCc2cc(N3CCOc4ccccc43)ccc21. The third-order valence-electron chi connectivity index (χ3n) is 6.20.